The molecule has 1 aliphatic heterocycles. The second-order valence-electron chi connectivity index (χ2n) is 7.15. The number of anilines is 2. The summed E-state index contributed by atoms with van der Waals surface area (Å²) in [5, 5.41) is 2.74. The van der Waals surface area contributed by atoms with Gasteiger partial charge in [0.05, 0.1) is 18.9 Å². The van der Waals surface area contributed by atoms with Crippen molar-refractivity contribution in [2.75, 3.05) is 36.5 Å². The van der Waals surface area contributed by atoms with E-state index in [9.17, 15) is 9.18 Å². The van der Waals surface area contributed by atoms with Crippen LogP contribution in [0.15, 0.2) is 24.4 Å². The van der Waals surface area contributed by atoms with Crippen LogP contribution in [0.4, 0.5) is 16.0 Å². The average molecular weight is 370 g/mol. The summed E-state index contributed by atoms with van der Waals surface area (Å²) < 4.78 is 19.3. The van der Waals surface area contributed by atoms with Gasteiger partial charge in [-0.3, -0.25) is 4.79 Å². The van der Waals surface area contributed by atoms with Gasteiger partial charge in [-0.1, -0.05) is 6.07 Å². The second-order valence-corrected chi connectivity index (χ2v) is 7.15. The summed E-state index contributed by atoms with van der Waals surface area (Å²) in [5.41, 5.74) is 3.16. The summed E-state index contributed by atoms with van der Waals surface area (Å²) in [7, 11) is 0. The molecule has 1 amide bonds. The third-order valence-corrected chi connectivity index (χ3v) is 5.18. The van der Waals surface area contributed by atoms with Gasteiger partial charge in [0.25, 0.3) is 0 Å². The highest BCUT2D eigenvalue weighted by Gasteiger charge is 2.27. The van der Waals surface area contributed by atoms with E-state index in [1.165, 1.54) is 6.07 Å². The van der Waals surface area contributed by atoms with E-state index in [-0.39, 0.29) is 17.5 Å². The van der Waals surface area contributed by atoms with Crippen molar-refractivity contribution in [3.8, 4) is 0 Å². The number of rotatable bonds is 3. The lowest BCUT2D eigenvalue weighted by Crippen LogP contribution is -2.38. The summed E-state index contributed by atoms with van der Waals surface area (Å²) in [6, 6.07) is 4.72. The number of halogens is 1. The number of carbonyl (C=O) groups excluding carboxylic acids is 1. The number of aromatic nitrogens is 2. The molecule has 0 radical (unpaired) electrons. The predicted molar refractivity (Wildman–Crippen MR) is 100 cm³/mol. The van der Waals surface area contributed by atoms with Crippen molar-refractivity contribution in [3.63, 3.8) is 0 Å². The third kappa shape index (κ3) is 3.93. The van der Waals surface area contributed by atoms with Crippen LogP contribution in [0.5, 0.6) is 0 Å². The maximum absolute atomic E-state index is 13.9. The summed E-state index contributed by atoms with van der Waals surface area (Å²) in [5.74, 6) is -0.0249. The topological polar surface area (TPSA) is 67.4 Å². The van der Waals surface area contributed by atoms with E-state index in [0.29, 0.717) is 26.1 Å². The first-order valence-electron chi connectivity index (χ1n) is 9.34. The van der Waals surface area contributed by atoms with Gasteiger partial charge in [0.1, 0.15) is 5.82 Å². The Kier molecular flexibility index (Phi) is 5.03. The summed E-state index contributed by atoms with van der Waals surface area (Å²) in [4.78, 5) is 23.9. The first-order chi connectivity index (χ1) is 13.1. The fourth-order valence-corrected chi connectivity index (χ4v) is 3.61. The quantitative estimate of drug-likeness (QED) is 0.899. The normalized spacial score (nSPS) is 19.5. The lowest BCUT2D eigenvalue weighted by molar-refractivity contribution is -0.120. The molecule has 1 fully saturated rings. The van der Waals surface area contributed by atoms with Crippen molar-refractivity contribution < 1.29 is 13.9 Å². The molecule has 2 heterocycles. The minimum absolute atomic E-state index is 0.151. The van der Waals surface area contributed by atoms with E-state index in [1.807, 2.05) is 13.1 Å². The fraction of sp³-hybridized carbons (Fsp3) is 0.450. The van der Waals surface area contributed by atoms with Gasteiger partial charge in [-0.15, -0.1) is 0 Å². The molecule has 7 heteroatoms. The van der Waals surface area contributed by atoms with Crippen LogP contribution in [0.2, 0.25) is 0 Å². The number of fused-ring (bicyclic) bond motifs is 1. The zero-order chi connectivity index (χ0) is 18.8. The smallest absolute Gasteiger partial charge is 0.227 e. The summed E-state index contributed by atoms with van der Waals surface area (Å²) >= 11 is 0. The minimum atomic E-state index is -0.413. The Bertz CT molecular complexity index is 852. The molecule has 0 bridgehead atoms. The number of nitrogens with zero attached hydrogens (tertiary/aromatic N) is 3. The Balaban J connectivity index is 1.44. The molecule has 6 nitrogen and oxygen atoms in total. The van der Waals surface area contributed by atoms with Crippen LogP contribution in [0.25, 0.3) is 0 Å². The Morgan fingerprint density at radius 2 is 2.15 bits per heavy atom. The molecule has 0 saturated carbocycles. The lowest BCUT2D eigenvalue weighted by Gasteiger charge is -2.28. The standard InChI is InChI=1S/C20H23FN4O2/c1-13-2-4-16(21)18(10-13)23-19(26)14-3-5-17-15(11-14)12-22-20(24-17)25-6-8-27-9-7-25/h2,4,10,12,14H,3,5-9,11H2,1H3,(H,23,26)/t14-/m1/s1. The molecule has 1 aromatic heterocycles. The van der Waals surface area contributed by atoms with Gasteiger partial charge in [0, 0.05) is 30.9 Å². The van der Waals surface area contributed by atoms with Crippen LogP contribution in [0, 0.1) is 18.7 Å². The van der Waals surface area contributed by atoms with E-state index in [1.54, 1.807) is 12.1 Å². The predicted octanol–water partition coefficient (Wildman–Crippen LogP) is 2.50. The molecule has 27 heavy (non-hydrogen) atoms. The SMILES string of the molecule is Cc1ccc(F)c(NC(=O)[C@@H]2CCc3nc(N4CCOCC4)ncc3C2)c1. The van der Waals surface area contributed by atoms with Gasteiger partial charge in [0.2, 0.25) is 11.9 Å². The number of aryl methyl sites for hydroxylation is 2. The van der Waals surface area contributed by atoms with E-state index in [4.69, 9.17) is 9.72 Å². The molecule has 1 aromatic carbocycles. The second kappa shape index (κ2) is 7.60. The van der Waals surface area contributed by atoms with Crippen LogP contribution in [0.1, 0.15) is 23.2 Å². The maximum atomic E-state index is 13.9. The van der Waals surface area contributed by atoms with Gasteiger partial charge in [-0.05, 0) is 49.4 Å². The van der Waals surface area contributed by atoms with E-state index in [2.05, 4.69) is 15.2 Å². The van der Waals surface area contributed by atoms with Gasteiger partial charge < -0.3 is 15.0 Å². The monoisotopic (exact) mass is 370 g/mol. The molecule has 0 spiro atoms. The fourth-order valence-electron chi connectivity index (χ4n) is 3.61. The lowest BCUT2D eigenvalue weighted by atomic mass is 9.86. The van der Waals surface area contributed by atoms with Crippen molar-refractivity contribution in [2.24, 2.45) is 5.92 Å². The average Bonchev–Trinajstić information content (AvgIpc) is 2.70. The molecule has 1 atom stereocenters. The Hall–Kier alpha value is -2.54. The Morgan fingerprint density at radius 3 is 2.96 bits per heavy atom. The van der Waals surface area contributed by atoms with Crippen molar-refractivity contribution >= 4 is 17.5 Å². The van der Waals surface area contributed by atoms with Gasteiger partial charge in [-0.2, -0.15) is 0 Å². The highest BCUT2D eigenvalue weighted by atomic mass is 19.1. The number of carbonyl (C=O) groups is 1. The number of amides is 1. The maximum Gasteiger partial charge on any atom is 0.227 e. The largest absolute Gasteiger partial charge is 0.378 e. The number of hydrogen-bond acceptors (Lipinski definition) is 5. The molecule has 2 aromatic rings. The molecule has 142 valence electrons. The third-order valence-electron chi connectivity index (χ3n) is 5.18. The molecule has 2 aliphatic rings. The number of hydrogen-bond donors (Lipinski definition) is 1. The Labute approximate surface area is 157 Å². The van der Waals surface area contributed by atoms with Crippen molar-refractivity contribution in [1.29, 1.82) is 0 Å². The molecular formula is C20H23FN4O2. The minimum Gasteiger partial charge on any atom is -0.378 e. The molecular weight excluding hydrogens is 347 g/mol. The van der Waals surface area contributed by atoms with Crippen LogP contribution >= 0.6 is 0 Å². The van der Waals surface area contributed by atoms with Gasteiger partial charge in [-0.25, -0.2) is 14.4 Å². The van der Waals surface area contributed by atoms with Crippen molar-refractivity contribution in [1.82, 2.24) is 9.97 Å². The highest BCUT2D eigenvalue weighted by Crippen LogP contribution is 2.27. The summed E-state index contributed by atoms with van der Waals surface area (Å²) in [6.07, 6.45) is 3.84. The van der Waals surface area contributed by atoms with Crippen LogP contribution < -0.4 is 10.2 Å². The van der Waals surface area contributed by atoms with E-state index >= 15 is 0 Å². The van der Waals surface area contributed by atoms with Crippen molar-refractivity contribution in [3.05, 3.63) is 47.0 Å². The number of benzene rings is 1. The van der Waals surface area contributed by atoms with Gasteiger partial charge >= 0.3 is 0 Å². The zero-order valence-corrected chi connectivity index (χ0v) is 15.4. The molecule has 0 unspecified atom stereocenters. The van der Waals surface area contributed by atoms with Crippen molar-refractivity contribution in [2.45, 2.75) is 26.2 Å². The van der Waals surface area contributed by atoms with Crippen LogP contribution in [-0.4, -0.2) is 42.2 Å². The molecule has 1 N–H and O–H groups in total. The van der Waals surface area contributed by atoms with E-state index in [0.717, 1.165) is 42.3 Å². The number of ether oxygens (including phenoxy) is 1. The first kappa shape index (κ1) is 17.9. The molecule has 1 saturated heterocycles. The molecule has 4 rings (SSSR count). The molecule has 1 aliphatic carbocycles. The van der Waals surface area contributed by atoms with Crippen LogP contribution in [-0.2, 0) is 22.4 Å². The van der Waals surface area contributed by atoms with Gasteiger partial charge in [0.15, 0.2) is 0 Å². The highest BCUT2D eigenvalue weighted by molar-refractivity contribution is 5.93. The Morgan fingerprint density at radius 1 is 1.33 bits per heavy atom. The number of nitrogens with one attached hydrogen (secondary N) is 1. The zero-order valence-electron chi connectivity index (χ0n) is 15.4. The van der Waals surface area contributed by atoms with Crippen LogP contribution in [0.3, 0.4) is 0 Å². The number of morpholine rings is 1. The first-order valence-corrected chi connectivity index (χ1v) is 9.34. The summed E-state index contributed by atoms with van der Waals surface area (Å²) in [6.45, 7) is 4.85. The van der Waals surface area contributed by atoms with E-state index < -0.39 is 5.82 Å².